The summed E-state index contributed by atoms with van der Waals surface area (Å²) in [5, 5.41) is 14.5. The van der Waals surface area contributed by atoms with Crippen LogP contribution in [-0.2, 0) is 13.6 Å². The van der Waals surface area contributed by atoms with Gasteiger partial charge in [0.2, 0.25) is 0 Å². The average Bonchev–Trinajstić information content (AvgIpc) is 2.74. The van der Waals surface area contributed by atoms with Crippen LogP contribution in [0.25, 0.3) is 0 Å². The summed E-state index contributed by atoms with van der Waals surface area (Å²) in [6, 6.07) is 6.18. The van der Waals surface area contributed by atoms with Crippen molar-refractivity contribution in [3.8, 4) is 0 Å². The molecule has 108 valence electrons. The topological polar surface area (TPSA) is 41.3 Å². The molecular formula is C16H23N3O. The molecule has 0 aliphatic rings. The standard InChI is InChI=1S/C16H23N3O/c1-12-5-6-15(13(2)7-12)16(20)11-18(3)9-14-8-17-19(4)10-14/h5-8,10,16,20H,9,11H2,1-4H3. The minimum absolute atomic E-state index is 0.461. The van der Waals surface area contributed by atoms with E-state index in [2.05, 4.69) is 23.0 Å². The van der Waals surface area contributed by atoms with Gasteiger partial charge in [-0.05, 0) is 32.0 Å². The van der Waals surface area contributed by atoms with Crippen LogP contribution in [0.15, 0.2) is 30.6 Å². The van der Waals surface area contributed by atoms with E-state index in [1.807, 2.05) is 45.5 Å². The zero-order valence-electron chi connectivity index (χ0n) is 12.7. The number of aromatic nitrogens is 2. The number of likely N-dealkylation sites (N-methyl/N-ethyl adjacent to an activating group) is 1. The molecule has 1 N–H and O–H groups in total. The smallest absolute Gasteiger partial charge is 0.0919 e. The first kappa shape index (κ1) is 14.8. The van der Waals surface area contributed by atoms with Gasteiger partial charge in [-0.3, -0.25) is 9.58 Å². The average molecular weight is 273 g/mol. The van der Waals surface area contributed by atoms with Crippen LogP contribution in [0.5, 0.6) is 0 Å². The summed E-state index contributed by atoms with van der Waals surface area (Å²) in [5.41, 5.74) is 4.53. The zero-order chi connectivity index (χ0) is 14.7. The SMILES string of the molecule is Cc1ccc(C(O)CN(C)Cc2cnn(C)c2)c(C)c1. The third-order valence-electron chi connectivity index (χ3n) is 3.48. The number of nitrogens with zero attached hydrogens (tertiary/aromatic N) is 3. The molecule has 1 heterocycles. The van der Waals surface area contributed by atoms with Gasteiger partial charge in [0.05, 0.1) is 12.3 Å². The summed E-state index contributed by atoms with van der Waals surface area (Å²) >= 11 is 0. The molecule has 0 aliphatic carbocycles. The summed E-state index contributed by atoms with van der Waals surface area (Å²) in [5.74, 6) is 0. The Morgan fingerprint density at radius 2 is 2.10 bits per heavy atom. The molecule has 0 fully saturated rings. The fourth-order valence-corrected chi connectivity index (χ4v) is 2.52. The number of hydrogen-bond donors (Lipinski definition) is 1. The van der Waals surface area contributed by atoms with E-state index in [9.17, 15) is 5.11 Å². The van der Waals surface area contributed by atoms with Gasteiger partial charge in [-0.15, -0.1) is 0 Å². The number of aryl methyl sites for hydroxylation is 3. The van der Waals surface area contributed by atoms with Crippen molar-refractivity contribution in [2.75, 3.05) is 13.6 Å². The maximum absolute atomic E-state index is 10.4. The van der Waals surface area contributed by atoms with E-state index >= 15 is 0 Å². The van der Waals surface area contributed by atoms with Gasteiger partial charge in [0.15, 0.2) is 0 Å². The molecule has 1 atom stereocenters. The van der Waals surface area contributed by atoms with E-state index in [0.717, 1.165) is 23.2 Å². The second-order valence-electron chi connectivity index (χ2n) is 5.59. The Balaban J connectivity index is 1.98. The van der Waals surface area contributed by atoms with Crippen LogP contribution in [0, 0.1) is 13.8 Å². The van der Waals surface area contributed by atoms with E-state index in [0.29, 0.717) is 6.54 Å². The summed E-state index contributed by atoms with van der Waals surface area (Å²) in [4.78, 5) is 2.11. The highest BCUT2D eigenvalue weighted by Gasteiger charge is 2.13. The van der Waals surface area contributed by atoms with E-state index < -0.39 is 6.10 Å². The maximum atomic E-state index is 10.4. The second kappa shape index (κ2) is 6.20. The Morgan fingerprint density at radius 3 is 2.70 bits per heavy atom. The molecular weight excluding hydrogens is 250 g/mol. The molecule has 0 saturated heterocycles. The minimum atomic E-state index is -0.461. The van der Waals surface area contributed by atoms with Gasteiger partial charge in [0.1, 0.15) is 0 Å². The van der Waals surface area contributed by atoms with Crippen LogP contribution < -0.4 is 0 Å². The van der Waals surface area contributed by atoms with Crippen molar-refractivity contribution in [2.45, 2.75) is 26.5 Å². The van der Waals surface area contributed by atoms with E-state index in [-0.39, 0.29) is 0 Å². The molecule has 20 heavy (non-hydrogen) atoms. The fourth-order valence-electron chi connectivity index (χ4n) is 2.52. The van der Waals surface area contributed by atoms with Crippen LogP contribution in [0.2, 0.25) is 0 Å². The number of rotatable bonds is 5. The molecule has 0 spiro atoms. The minimum Gasteiger partial charge on any atom is -0.387 e. The fraction of sp³-hybridized carbons (Fsp3) is 0.438. The van der Waals surface area contributed by atoms with Crippen LogP contribution in [-0.4, -0.2) is 33.4 Å². The number of benzene rings is 1. The van der Waals surface area contributed by atoms with Gasteiger partial charge >= 0.3 is 0 Å². The first-order valence-electron chi connectivity index (χ1n) is 6.87. The molecule has 0 saturated carbocycles. The van der Waals surface area contributed by atoms with Crippen LogP contribution in [0.4, 0.5) is 0 Å². The lowest BCUT2D eigenvalue weighted by Gasteiger charge is -2.21. The predicted molar refractivity (Wildman–Crippen MR) is 80.4 cm³/mol. The molecule has 1 aromatic heterocycles. The molecule has 1 aromatic carbocycles. The lowest BCUT2D eigenvalue weighted by molar-refractivity contribution is 0.123. The quantitative estimate of drug-likeness (QED) is 0.908. The van der Waals surface area contributed by atoms with Crippen LogP contribution >= 0.6 is 0 Å². The third kappa shape index (κ3) is 3.68. The molecule has 0 radical (unpaired) electrons. The zero-order valence-corrected chi connectivity index (χ0v) is 12.7. The van der Waals surface area contributed by atoms with Gasteiger partial charge in [-0.2, -0.15) is 5.10 Å². The van der Waals surface area contributed by atoms with Crippen molar-refractivity contribution in [2.24, 2.45) is 7.05 Å². The molecule has 2 aromatic rings. The second-order valence-corrected chi connectivity index (χ2v) is 5.59. The summed E-state index contributed by atoms with van der Waals surface area (Å²) in [6.07, 6.45) is 3.40. The van der Waals surface area contributed by atoms with E-state index in [1.165, 1.54) is 5.56 Å². The van der Waals surface area contributed by atoms with Crippen molar-refractivity contribution < 1.29 is 5.11 Å². The first-order valence-corrected chi connectivity index (χ1v) is 6.87. The van der Waals surface area contributed by atoms with Crippen molar-refractivity contribution >= 4 is 0 Å². The lowest BCUT2D eigenvalue weighted by atomic mass is 10.0. The Bertz CT molecular complexity index is 577. The maximum Gasteiger partial charge on any atom is 0.0919 e. The molecule has 1 unspecified atom stereocenters. The number of aliphatic hydroxyl groups is 1. The van der Waals surface area contributed by atoms with Gasteiger partial charge in [0, 0.05) is 31.9 Å². The highest BCUT2D eigenvalue weighted by Crippen LogP contribution is 2.20. The van der Waals surface area contributed by atoms with Gasteiger partial charge in [-0.25, -0.2) is 0 Å². The van der Waals surface area contributed by atoms with Crippen LogP contribution in [0.3, 0.4) is 0 Å². The third-order valence-corrected chi connectivity index (χ3v) is 3.48. The Labute approximate surface area is 120 Å². The van der Waals surface area contributed by atoms with Gasteiger partial charge < -0.3 is 5.11 Å². The van der Waals surface area contributed by atoms with Crippen molar-refractivity contribution in [3.05, 3.63) is 52.8 Å². The molecule has 2 rings (SSSR count). The van der Waals surface area contributed by atoms with Crippen LogP contribution in [0.1, 0.15) is 28.4 Å². The molecule has 4 heteroatoms. The van der Waals surface area contributed by atoms with Crippen molar-refractivity contribution in [1.29, 1.82) is 0 Å². The first-order chi connectivity index (χ1) is 9.45. The summed E-state index contributed by atoms with van der Waals surface area (Å²) < 4.78 is 1.80. The Morgan fingerprint density at radius 1 is 1.35 bits per heavy atom. The molecule has 0 aliphatic heterocycles. The van der Waals surface area contributed by atoms with Gasteiger partial charge in [0.25, 0.3) is 0 Å². The summed E-state index contributed by atoms with van der Waals surface area (Å²) in [6.45, 7) is 5.51. The molecule has 0 bridgehead atoms. The lowest BCUT2D eigenvalue weighted by Crippen LogP contribution is -2.24. The molecule has 0 amide bonds. The monoisotopic (exact) mass is 273 g/mol. The largest absolute Gasteiger partial charge is 0.387 e. The molecule has 4 nitrogen and oxygen atoms in total. The van der Waals surface area contributed by atoms with E-state index in [4.69, 9.17) is 0 Å². The predicted octanol–water partition coefficient (Wildman–Crippen LogP) is 2.20. The van der Waals surface area contributed by atoms with Crippen molar-refractivity contribution in [1.82, 2.24) is 14.7 Å². The van der Waals surface area contributed by atoms with E-state index in [1.54, 1.807) is 4.68 Å². The highest BCUT2D eigenvalue weighted by atomic mass is 16.3. The Hall–Kier alpha value is -1.65. The van der Waals surface area contributed by atoms with Crippen molar-refractivity contribution in [3.63, 3.8) is 0 Å². The van der Waals surface area contributed by atoms with Gasteiger partial charge in [-0.1, -0.05) is 23.8 Å². The number of hydrogen-bond acceptors (Lipinski definition) is 3. The number of aliphatic hydroxyl groups excluding tert-OH is 1. The summed E-state index contributed by atoms with van der Waals surface area (Å²) in [7, 11) is 3.92. The highest BCUT2D eigenvalue weighted by molar-refractivity contribution is 5.32. The Kier molecular flexibility index (Phi) is 4.57. The normalized spacial score (nSPS) is 12.9.